The first-order valence-electron chi connectivity index (χ1n) is 7.85. The molecule has 0 spiro atoms. The molecule has 0 atom stereocenters. The smallest absolute Gasteiger partial charge is 0.191 e. The Bertz CT molecular complexity index is 613. The molecule has 9 heteroatoms. The summed E-state index contributed by atoms with van der Waals surface area (Å²) in [7, 11) is -2.81. The minimum atomic E-state index is -2.81. The number of nitrogens with one attached hydrogen (secondary N) is 2. The van der Waals surface area contributed by atoms with Crippen LogP contribution in [0.5, 0.6) is 0 Å². The van der Waals surface area contributed by atoms with Crippen LogP contribution in [-0.4, -0.2) is 68.5 Å². The highest BCUT2D eigenvalue weighted by atomic mass is 32.2. The van der Waals surface area contributed by atoms with E-state index in [1.807, 2.05) is 20.0 Å². The lowest BCUT2D eigenvalue weighted by Gasteiger charge is -2.26. The van der Waals surface area contributed by atoms with Crippen molar-refractivity contribution < 1.29 is 8.42 Å². The fraction of sp³-hybridized carbons (Fsp3) is 0.714. The zero-order valence-electron chi connectivity index (χ0n) is 13.7. The van der Waals surface area contributed by atoms with Crippen molar-refractivity contribution in [1.82, 2.24) is 20.5 Å². The summed E-state index contributed by atoms with van der Waals surface area (Å²) in [6, 6.07) is 0. The highest BCUT2D eigenvalue weighted by molar-refractivity contribution is 7.91. The first-order valence-corrected chi connectivity index (χ1v) is 10.5. The minimum Gasteiger partial charge on any atom is -0.357 e. The Balaban J connectivity index is 1.76. The minimum absolute atomic E-state index is 0.268. The van der Waals surface area contributed by atoms with E-state index in [0.717, 1.165) is 30.6 Å². The van der Waals surface area contributed by atoms with Gasteiger partial charge in [0.15, 0.2) is 15.8 Å². The Morgan fingerprint density at radius 3 is 2.74 bits per heavy atom. The van der Waals surface area contributed by atoms with E-state index in [0.29, 0.717) is 19.6 Å². The zero-order valence-corrected chi connectivity index (χ0v) is 15.3. The van der Waals surface area contributed by atoms with Crippen LogP contribution in [-0.2, 0) is 16.4 Å². The highest BCUT2D eigenvalue weighted by Crippen LogP contribution is 2.11. The van der Waals surface area contributed by atoms with Gasteiger partial charge >= 0.3 is 0 Å². The van der Waals surface area contributed by atoms with Crippen molar-refractivity contribution in [2.45, 2.75) is 20.4 Å². The van der Waals surface area contributed by atoms with Gasteiger partial charge in [-0.3, -0.25) is 4.90 Å². The van der Waals surface area contributed by atoms with Crippen molar-refractivity contribution in [1.29, 1.82) is 0 Å². The van der Waals surface area contributed by atoms with Gasteiger partial charge in [0.05, 0.1) is 18.1 Å². The summed E-state index contributed by atoms with van der Waals surface area (Å²) in [5.74, 6) is 1.31. The van der Waals surface area contributed by atoms with Crippen LogP contribution in [0.2, 0.25) is 0 Å². The number of aromatic nitrogens is 1. The molecule has 0 unspecified atom stereocenters. The predicted molar refractivity (Wildman–Crippen MR) is 94.8 cm³/mol. The Kier molecular flexibility index (Phi) is 6.79. The summed E-state index contributed by atoms with van der Waals surface area (Å²) in [6.45, 7) is 8.22. The molecule has 0 aliphatic carbocycles. The Hall–Kier alpha value is -1.19. The largest absolute Gasteiger partial charge is 0.357 e. The van der Waals surface area contributed by atoms with E-state index in [4.69, 9.17) is 0 Å². The second-order valence-corrected chi connectivity index (χ2v) is 9.10. The van der Waals surface area contributed by atoms with Crippen molar-refractivity contribution in [3.8, 4) is 0 Å². The molecule has 0 saturated carbocycles. The molecule has 1 aliphatic rings. The van der Waals surface area contributed by atoms with Crippen molar-refractivity contribution in [2.75, 3.05) is 44.2 Å². The van der Waals surface area contributed by atoms with E-state index < -0.39 is 9.84 Å². The second-order valence-electron chi connectivity index (χ2n) is 5.48. The summed E-state index contributed by atoms with van der Waals surface area (Å²) in [5.41, 5.74) is 0. The number of hydrogen-bond acceptors (Lipinski definition) is 6. The monoisotopic (exact) mass is 359 g/mol. The molecule has 2 rings (SSSR count). The Labute approximate surface area is 142 Å². The number of thiazole rings is 1. The fourth-order valence-electron chi connectivity index (χ4n) is 2.27. The molecular formula is C14H25N5O2S2. The molecule has 1 aromatic rings. The number of aryl methyl sites for hydroxylation is 1. The number of nitrogens with zero attached hydrogens (tertiary/aromatic N) is 3. The third-order valence-corrected chi connectivity index (χ3v) is 6.05. The summed E-state index contributed by atoms with van der Waals surface area (Å²) < 4.78 is 22.8. The van der Waals surface area contributed by atoms with Crippen LogP contribution in [0.4, 0.5) is 0 Å². The quantitative estimate of drug-likeness (QED) is 0.559. The summed E-state index contributed by atoms with van der Waals surface area (Å²) in [5, 5.41) is 7.50. The van der Waals surface area contributed by atoms with Crippen LogP contribution in [0.3, 0.4) is 0 Å². The van der Waals surface area contributed by atoms with Crippen LogP contribution in [0.25, 0.3) is 0 Å². The maximum Gasteiger partial charge on any atom is 0.191 e. The van der Waals surface area contributed by atoms with Crippen molar-refractivity contribution >= 4 is 27.1 Å². The highest BCUT2D eigenvalue weighted by Gasteiger charge is 2.20. The summed E-state index contributed by atoms with van der Waals surface area (Å²) in [6.07, 6.45) is 1.86. The van der Waals surface area contributed by atoms with Crippen LogP contribution >= 0.6 is 11.3 Å². The van der Waals surface area contributed by atoms with Gasteiger partial charge < -0.3 is 10.6 Å². The van der Waals surface area contributed by atoms with Gasteiger partial charge in [-0.15, -0.1) is 11.3 Å². The maximum absolute atomic E-state index is 11.4. The van der Waals surface area contributed by atoms with Crippen molar-refractivity contribution in [3.63, 3.8) is 0 Å². The van der Waals surface area contributed by atoms with E-state index in [2.05, 4.69) is 25.5 Å². The SMILES string of the molecule is CCNC(=NCc1ncc(C)s1)NCCN1CCS(=O)(=O)CC1. The van der Waals surface area contributed by atoms with Gasteiger partial charge in [-0.2, -0.15) is 0 Å². The third-order valence-electron chi connectivity index (χ3n) is 3.54. The number of rotatable bonds is 6. The van der Waals surface area contributed by atoms with Crippen LogP contribution in [0.15, 0.2) is 11.2 Å². The van der Waals surface area contributed by atoms with Gasteiger partial charge in [-0.25, -0.2) is 18.4 Å². The number of sulfone groups is 1. The summed E-state index contributed by atoms with van der Waals surface area (Å²) in [4.78, 5) is 12.2. The van der Waals surface area contributed by atoms with Gasteiger partial charge in [-0.05, 0) is 13.8 Å². The molecule has 0 bridgehead atoms. The molecule has 1 fully saturated rings. The van der Waals surface area contributed by atoms with E-state index in [-0.39, 0.29) is 11.5 Å². The topological polar surface area (TPSA) is 86.7 Å². The van der Waals surface area contributed by atoms with Crippen LogP contribution < -0.4 is 10.6 Å². The van der Waals surface area contributed by atoms with Crippen molar-refractivity contribution in [3.05, 3.63) is 16.1 Å². The molecule has 130 valence electrons. The zero-order chi connectivity index (χ0) is 16.7. The predicted octanol–water partition coefficient (Wildman–Crippen LogP) is 0.237. The van der Waals surface area contributed by atoms with Gasteiger partial charge in [0, 0.05) is 43.8 Å². The standard InChI is InChI=1S/C14H25N5O2S2/c1-3-15-14(18-11-13-17-10-12(2)22-13)16-4-5-19-6-8-23(20,21)9-7-19/h10H,3-9,11H2,1-2H3,(H2,15,16,18). The first-order chi connectivity index (χ1) is 11.0. The number of hydrogen-bond donors (Lipinski definition) is 2. The van der Waals surface area contributed by atoms with E-state index in [9.17, 15) is 8.42 Å². The second kappa shape index (κ2) is 8.60. The Morgan fingerprint density at radius 2 is 2.13 bits per heavy atom. The molecule has 23 heavy (non-hydrogen) atoms. The lowest BCUT2D eigenvalue weighted by atomic mass is 10.4. The first kappa shape index (κ1) is 18.2. The molecule has 1 saturated heterocycles. The molecule has 0 radical (unpaired) electrons. The molecule has 2 heterocycles. The van der Waals surface area contributed by atoms with Gasteiger partial charge in [-0.1, -0.05) is 0 Å². The van der Waals surface area contributed by atoms with E-state index >= 15 is 0 Å². The van der Waals surface area contributed by atoms with E-state index in [1.54, 1.807) is 11.3 Å². The summed E-state index contributed by atoms with van der Waals surface area (Å²) >= 11 is 1.66. The average molecular weight is 360 g/mol. The third kappa shape index (κ3) is 6.44. The van der Waals surface area contributed by atoms with Gasteiger partial charge in [0.25, 0.3) is 0 Å². The van der Waals surface area contributed by atoms with Gasteiger partial charge in [0.1, 0.15) is 5.01 Å². The molecule has 7 nitrogen and oxygen atoms in total. The molecule has 1 aliphatic heterocycles. The van der Waals surface area contributed by atoms with Gasteiger partial charge in [0.2, 0.25) is 0 Å². The average Bonchev–Trinajstić information content (AvgIpc) is 2.92. The number of aliphatic imine (C=N–C) groups is 1. The van der Waals surface area contributed by atoms with E-state index in [1.165, 1.54) is 4.88 Å². The van der Waals surface area contributed by atoms with Crippen molar-refractivity contribution in [2.24, 2.45) is 4.99 Å². The lowest BCUT2D eigenvalue weighted by molar-refractivity contribution is 0.299. The molecular weight excluding hydrogens is 334 g/mol. The number of guanidine groups is 1. The maximum atomic E-state index is 11.4. The van der Waals surface area contributed by atoms with Crippen LogP contribution in [0.1, 0.15) is 16.8 Å². The fourth-order valence-corrected chi connectivity index (χ4v) is 4.26. The molecule has 0 amide bonds. The normalized spacial score (nSPS) is 18.8. The molecule has 1 aromatic heterocycles. The Morgan fingerprint density at radius 1 is 1.39 bits per heavy atom. The lowest BCUT2D eigenvalue weighted by Crippen LogP contribution is -2.45. The van der Waals surface area contributed by atoms with Crippen LogP contribution in [0, 0.1) is 6.92 Å². The molecule has 2 N–H and O–H groups in total. The molecule has 0 aromatic carbocycles.